The van der Waals surface area contributed by atoms with E-state index in [2.05, 4.69) is 0 Å². The Morgan fingerprint density at radius 3 is 2.71 bits per heavy atom. The number of ketones is 1. The van der Waals surface area contributed by atoms with Crippen LogP contribution in [0.3, 0.4) is 0 Å². The van der Waals surface area contributed by atoms with Crippen molar-refractivity contribution in [3.63, 3.8) is 0 Å². The molecule has 0 atom stereocenters. The zero-order chi connectivity index (χ0) is 15.1. The number of rotatable bonds is 3. The Morgan fingerprint density at radius 1 is 1.29 bits per heavy atom. The number of carbonyl (C=O) groups excluding carboxylic acids is 1. The van der Waals surface area contributed by atoms with E-state index in [1.165, 1.54) is 0 Å². The molecule has 0 bridgehead atoms. The van der Waals surface area contributed by atoms with Crippen LogP contribution in [-0.2, 0) is 0 Å². The van der Waals surface area contributed by atoms with Gasteiger partial charge in [0.2, 0.25) is 0 Å². The van der Waals surface area contributed by atoms with Gasteiger partial charge in [0.15, 0.2) is 5.78 Å². The van der Waals surface area contributed by atoms with Crippen molar-refractivity contribution in [2.24, 2.45) is 0 Å². The van der Waals surface area contributed by atoms with Gasteiger partial charge in [0, 0.05) is 6.07 Å². The number of benzene rings is 1. The van der Waals surface area contributed by atoms with Crippen molar-refractivity contribution in [1.82, 2.24) is 0 Å². The van der Waals surface area contributed by atoms with Gasteiger partial charge in [0.05, 0.1) is 17.6 Å². The summed E-state index contributed by atoms with van der Waals surface area (Å²) in [6.45, 7) is 4.11. The third-order valence-electron chi connectivity index (χ3n) is 4.27. The van der Waals surface area contributed by atoms with Gasteiger partial charge in [-0.2, -0.15) is 0 Å². The Hall–Kier alpha value is -1.55. The summed E-state index contributed by atoms with van der Waals surface area (Å²) in [7, 11) is 0. The maximum atomic E-state index is 12.1. The van der Waals surface area contributed by atoms with Gasteiger partial charge < -0.3 is 14.6 Å². The van der Waals surface area contributed by atoms with Gasteiger partial charge in [0.1, 0.15) is 23.7 Å². The normalized spacial score (nSPS) is 22.5. The Kier molecular flexibility index (Phi) is 3.44. The molecule has 0 unspecified atom stereocenters. The van der Waals surface area contributed by atoms with Crippen molar-refractivity contribution in [3.05, 3.63) is 23.8 Å². The number of aliphatic hydroxyl groups is 1. The second kappa shape index (κ2) is 5.02. The molecule has 0 radical (unpaired) electrons. The van der Waals surface area contributed by atoms with E-state index in [4.69, 9.17) is 9.47 Å². The molecule has 4 nitrogen and oxygen atoms in total. The highest BCUT2D eigenvalue weighted by Gasteiger charge is 2.34. The highest BCUT2D eigenvalue weighted by atomic mass is 16.5. The fourth-order valence-electron chi connectivity index (χ4n) is 3.12. The average molecular weight is 290 g/mol. The van der Waals surface area contributed by atoms with E-state index in [1.54, 1.807) is 18.2 Å². The van der Waals surface area contributed by atoms with Crippen LogP contribution in [0.4, 0.5) is 0 Å². The summed E-state index contributed by atoms with van der Waals surface area (Å²) in [4.78, 5) is 12.1. The van der Waals surface area contributed by atoms with Crippen LogP contribution < -0.4 is 9.47 Å². The van der Waals surface area contributed by atoms with Gasteiger partial charge >= 0.3 is 0 Å². The van der Waals surface area contributed by atoms with E-state index in [1.807, 2.05) is 13.8 Å². The van der Waals surface area contributed by atoms with E-state index >= 15 is 0 Å². The minimum Gasteiger partial charge on any atom is -0.490 e. The van der Waals surface area contributed by atoms with Gasteiger partial charge in [-0.25, -0.2) is 0 Å². The lowest BCUT2D eigenvalue weighted by Crippen LogP contribution is -2.36. The molecular weight excluding hydrogens is 268 g/mol. The van der Waals surface area contributed by atoms with E-state index in [-0.39, 0.29) is 5.78 Å². The Balaban J connectivity index is 1.75. The molecule has 4 heteroatoms. The molecule has 3 rings (SSSR count). The summed E-state index contributed by atoms with van der Waals surface area (Å²) in [5, 5.41) is 10.3. The average Bonchev–Trinajstić information content (AvgIpc) is 2.82. The minimum absolute atomic E-state index is 0.0993. The first-order valence-corrected chi connectivity index (χ1v) is 7.58. The topological polar surface area (TPSA) is 55.8 Å². The number of Topliss-reactive ketones (excluding diaryl/α,β-unsaturated/α-hetero) is 1. The van der Waals surface area contributed by atoms with Crippen LogP contribution in [0.25, 0.3) is 0 Å². The molecule has 0 saturated heterocycles. The molecule has 1 aromatic carbocycles. The first kappa shape index (κ1) is 14.4. The Morgan fingerprint density at radius 2 is 2.00 bits per heavy atom. The molecule has 1 saturated carbocycles. The SMILES string of the molecule is CC1(C)CC(=O)c2ccc(OCC3(O)CCCC3)cc2O1. The van der Waals surface area contributed by atoms with Crippen molar-refractivity contribution in [2.45, 2.75) is 57.2 Å². The number of carbonyl (C=O) groups is 1. The van der Waals surface area contributed by atoms with Gasteiger partial charge in [-0.05, 0) is 38.8 Å². The molecule has 114 valence electrons. The highest BCUT2D eigenvalue weighted by Crippen LogP contribution is 2.36. The summed E-state index contributed by atoms with van der Waals surface area (Å²) < 4.78 is 11.6. The molecule has 0 aromatic heterocycles. The van der Waals surface area contributed by atoms with Gasteiger partial charge in [0.25, 0.3) is 0 Å². The number of fused-ring (bicyclic) bond motifs is 1. The lowest BCUT2D eigenvalue weighted by atomic mass is 9.93. The van der Waals surface area contributed by atoms with Gasteiger partial charge in [-0.3, -0.25) is 4.79 Å². The molecular formula is C17H22O4. The molecule has 1 aliphatic carbocycles. The largest absolute Gasteiger partial charge is 0.490 e. The van der Waals surface area contributed by atoms with Crippen LogP contribution in [0.1, 0.15) is 56.3 Å². The second-order valence-electron chi connectivity index (χ2n) is 6.84. The molecule has 0 amide bonds. The summed E-state index contributed by atoms with van der Waals surface area (Å²) >= 11 is 0. The zero-order valence-corrected chi connectivity index (χ0v) is 12.6. The maximum absolute atomic E-state index is 12.1. The molecule has 1 aliphatic heterocycles. The molecule has 1 heterocycles. The summed E-state index contributed by atoms with van der Waals surface area (Å²) in [5.74, 6) is 1.31. The zero-order valence-electron chi connectivity index (χ0n) is 12.6. The predicted molar refractivity (Wildman–Crippen MR) is 79.0 cm³/mol. The first-order valence-electron chi connectivity index (χ1n) is 7.58. The van der Waals surface area contributed by atoms with Crippen LogP contribution in [0.2, 0.25) is 0 Å². The third-order valence-corrected chi connectivity index (χ3v) is 4.27. The van der Waals surface area contributed by atoms with Gasteiger partial charge in [-0.15, -0.1) is 0 Å². The van der Waals surface area contributed by atoms with Crippen molar-refractivity contribution >= 4 is 5.78 Å². The van der Waals surface area contributed by atoms with E-state index in [9.17, 15) is 9.90 Å². The second-order valence-corrected chi connectivity index (χ2v) is 6.84. The van der Waals surface area contributed by atoms with Crippen LogP contribution in [0.5, 0.6) is 11.5 Å². The van der Waals surface area contributed by atoms with E-state index < -0.39 is 11.2 Å². The van der Waals surface area contributed by atoms with Crippen molar-refractivity contribution in [1.29, 1.82) is 0 Å². The third kappa shape index (κ3) is 3.05. The molecule has 2 aliphatic rings. The summed E-state index contributed by atoms with van der Waals surface area (Å²) in [6, 6.07) is 5.28. The molecule has 1 fully saturated rings. The molecule has 1 aromatic rings. The van der Waals surface area contributed by atoms with Crippen LogP contribution >= 0.6 is 0 Å². The minimum atomic E-state index is -0.703. The van der Waals surface area contributed by atoms with Gasteiger partial charge in [-0.1, -0.05) is 12.8 Å². The van der Waals surface area contributed by atoms with Crippen LogP contribution in [0.15, 0.2) is 18.2 Å². The number of hydrogen-bond acceptors (Lipinski definition) is 4. The number of ether oxygens (including phenoxy) is 2. The standard InChI is InChI=1S/C17H22O4/c1-16(2)10-14(18)13-6-5-12(9-15(13)21-16)20-11-17(19)7-3-4-8-17/h5-6,9,19H,3-4,7-8,10-11H2,1-2H3. The van der Waals surface area contributed by atoms with Crippen molar-refractivity contribution in [2.75, 3.05) is 6.61 Å². The maximum Gasteiger partial charge on any atom is 0.170 e. The molecule has 21 heavy (non-hydrogen) atoms. The van der Waals surface area contributed by atoms with Crippen LogP contribution in [-0.4, -0.2) is 28.7 Å². The quantitative estimate of drug-likeness (QED) is 0.929. The van der Waals surface area contributed by atoms with Crippen molar-refractivity contribution < 1.29 is 19.4 Å². The fourth-order valence-corrected chi connectivity index (χ4v) is 3.12. The molecule has 0 spiro atoms. The molecule has 1 N–H and O–H groups in total. The van der Waals surface area contributed by atoms with E-state index in [0.717, 1.165) is 25.7 Å². The lowest BCUT2D eigenvalue weighted by molar-refractivity contribution is 0.00111. The van der Waals surface area contributed by atoms with Crippen molar-refractivity contribution in [3.8, 4) is 11.5 Å². The fraction of sp³-hybridized carbons (Fsp3) is 0.588. The van der Waals surface area contributed by atoms with Crippen LogP contribution in [0, 0.1) is 0 Å². The summed E-state index contributed by atoms with van der Waals surface area (Å²) in [6.07, 6.45) is 4.07. The number of hydrogen-bond donors (Lipinski definition) is 1. The lowest BCUT2D eigenvalue weighted by Gasteiger charge is -2.31. The monoisotopic (exact) mass is 290 g/mol. The van der Waals surface area contributed by atoms with E-state index in [0.29, 0.717) is 30.1 Å². The smallest absolute Gasteiger partial charge is 0.170 e. The summed E-state index contributed by atoms with van der Waals surface area (Å²) in [5.41, 5.74) is -0.570. The predicted octanol–water partition coefficient (Wildman–Crippen LogP) is 3.11. The Bertz CT molecular complexity index is 556. The Labute approximate surface area is 125 Å². The first-order chi connectivity index (χ1) is 9.87. The highest BCUT2D eigenvalue weighted by molar-refractivity contribution is 6.00.